The number of benzene rings is 2. The van der Waals surface area contributed by atoms with Gasteiger partial charge in [0, 0.05) is 12.1 Å². The van der Waals surface area contributed by atoms with Crippen LogP contribution in [0.25, 0.3) is 0 Å². The maximum Gasteiger partial charge on any atom is 0.275 e. The Morgan fingerprint density at radius 3 is 2.53 bits per heavy atom. The molecule has 0 aliphatic heterocycles. The van der Waals surface area contributed by atoms with Crippen molar-refractivity contribution >= 4 is 5.91 Å². The highest BCUT2D eigenvalue weighted by molar-refractivity contribution is 5.93. The van der Waals surface area contributed by atoms with Crippen LogP contribution < -0.4 is 5.56 Å². The lowest BCUT2D eigenvalue weighted by molar-refractivity contribution is 0.0629. The van der Waals surface area contributed by atoms with Gasteiger partial charge >= 0.3 is 0 Å². The number of nitrogens with zero attached hydrogens (tertiary/aromatic N) is 3. The molecule has 0 spiro atoms. The van der Waals surface area contributed by atoms with Crippen LogP contribution in [-0.4, -0.2) is 26.6 Å². The summed E-state index contributed by atoms with van der Waals surface area (Å²) in [4.78, 5) is 28.0. The molecule has 30 heavy (non-hydrogen) atoms. The molecule has 0 N–H and O–H groups in total. The number of amides is 1. The van der Waals surface area contributed by atoms with Crippen molar-refractivity contribution in [1.82, 2.24) is 14.7 Å². The molecule has 0 radical (unpaired) electrons. The Bertz CT molecular complexity index is 1120. The standard InChI is InChI=1S/C25H25N3O2/c29-24-16-15-22(26-27(24)17-18-7-2-1-3-8-18)25(30)28(20-13-14-20)23-12-6-10-19-9-4-5-11-21(19)23/h1-5,7-9,11,15-16,20,23H,6,10,12-14,17H2. The van der Waals surface area contributed by atoms with Crippen molar-refractivity contribution in [3.8, 4) is 0 Å². The minimum absolute atomic E-state index is 0.0685. The van der Waals surface area contributed by atoms with Crippen molar-refractivity contribution in [2.24, 2.45) is 0 Å². The molecule has 5 heteroatoms. The lowest BCUT2D eigenvalue weighted by Crippen LogP contribution is -2.39. The normalized spacial score (nSPS) is 17.9. The predicted molar refractivity (Wildman–Crippen MR) is 115 cm³/mol. The summed E-state index contributed by atoms with van der Waals surface area (Å²) >= 11 is 0. The van der Waals surface area contributed by atoms with Gasteiger partial charge in [-0.2, -0.15) is 5.10 Å². The van der Waals surface area contributed by atoms with Crippen LogP contribution in [0.1, 0.15) is 58.9 Å². The zero-order chi connectivity index (χ0) is 20.5. The summed E-state index contributed by atoms with van der Waals surface area (Å²) in [5, 5.41) is 4.46. The number of fused-ring (bicyclic) bond motifs is 1. The quantitative estimate of drug-likeness (QED) is 0.652. The topological polar surface area (TPSA) is 55.2 Å². The van der Waals surface area contributed by atoms with Crippen LogP contribution in [-0.2, 0) is 13.0 Å². The smallest absolute Gasteiger partial charge is 0.275 e. The van der Waals surface area contributed by atoms with E-state index in [2.05, 4.69) is 29.4 Å². The number of rotatable bonds is 5. The van der Waals surface area contributed by atoms with Crippen LogP contribution in [0.15, 0.2) is 71.5 Å². The first kappa shape index (κ1) is 18.8. The summed E-state index contributed by atoms with van der Waals surface area (Å²) in [6.07, 6.45) is 5.20. The van der Waals surface area contributed by atoms with Gasteiger partial charge in [-0.05, 0) is 54.9 Å². The molecule has 5 nitrogen and oxygen atoms in total. The molecule has 1 unspecified atom stereocenters. The molecule has 1 aromatic heterocycles. The van der Waals surface area contributed by atoms with Gasteiger partial charge in [0.05, 0.1) is 12.6 Å². The van der Waals surface area contributed by atoms with Crippen molar-refractivity contribution in [3.63, 3.8) is 0 Å². The molecule has 152 valence electrons. The summed E-state index contributed by atoms with van der Waals surface area (Å²) in [5.74, 6) is -0.0685. The number of aromatic nitrogens is 2. The van der Waals surface area contributed by atoms with Crippen LogP contribution >= 0.6 is 0 Å². The minimum Gasteiger partial charge on any atom is -0.327 e. The lowest BCUT2D eigenvalue weighted by atomic mass is 9.86. The largest absolute Gasteiger partial charge is 0.327 e. The highest BCUT2D eigenvalue weighted by atomic mass is 16.2. The van der Waals surface area contributed by atoms with Gasteiger partial charge in [-0.1, -0.05) is 54.6 Å². The van der Waals surface area contributed by atoms with Crippen LogP contribution in [0.5, 0.6) is 0 Å². The Morgan fingerprint density at radius 2 is 1.73 bits per heavy atom. The molecule has 1 heterocycles. The van der Waals surface area contributed by atoms with Gasteiger partial charge in [0.2, 0.25) is 0 Å². The maximum atomic E-state index is 13.6. The predicted octanol–water partition coefficient (Wildman–Crippen LogP) is 3.97. The van der Waals surface area contributed by atoms with E-state index in [1.165, 1.54) is 21.9 Å². The monoisotopic (exact) mass is 399 g/mol. The number of aryl methyl sites for hydroxylation is 1. The van der Waals surface area contributed by atoms with E-state index in [-0.39, 0.29) is 23.6 Å². The van der Waals surface area contributed by atoms with E-state index in [4.69, 9.17) is 0 Å². The Kier molecular flexibility index (Phi) is 4.95. The van der Waals surface area contributed by atoms with Crippen LogP contribution in [0.4, 0.5) is 0 Å². The van der Waals surface area contributed by atoms with Crippen molar-refractivity contribution in [2.75, 3.05) is 0 Å². The second-order valence-corrected chi connectivity index (χ2v) is 8.25. The molecule has 2 aliphatic rings. The van der Waals surface area contributed by atoms with Gasteiger partial charge in [0.25, 0.3) is 11.5 Å². The second kappa shape index (κ2) is 7.90. The molecule has 0 saturated heterocycles. The first-order valence-electron chi connectivity index (χ1n) is 10.7. The molecule has 3 aromatic rings. The number of hydrogen-bond donors (Lipinski definition) is 0. The molecule has 1 amide bonds. The lowest BCUT2D eigenvalue weighted by Gasteiger charge is -2.36. The van der Waals surface area contributed by atoms with Gasteiger partial charge < -0.3 is 4.90 Å². The summed E-state index contributed by atoms with van der Waals surface area (Å²) in [7, 11) is 0. The van der Waals surface area contributed by atoms with E-state index in [1.807, 2.05) is 35.2 Å². The molecular formula is C25H25N3O2. The number of hydrogen-bond acceptors (Lipinski definition) is 3. The number of carbonyl (C=O) groups excluding carboxylic acids is 1. The van der Waals surface area contributed by atoms with Crippen LogP contribution in [0.3, 0.4) is 0 Å². The number of carbonyl (C=O) groups is 1. The third-order valence-electron chi connectivity index (χ3n) is 6.11. The van der Waals surface area contributed by atoms with E-state index >= 15 is 0 Å². The fourth-order valence-corrected chi connectivity index (χ4v) is 4.50. The van der Waals surface area contributed by atoms with Crippen LogP contribution in [0, 0.1) is 0 Å². The highest BCUT2D eigenvalue weighted by Gasteiger charge is 2.40. The van der Waals surface area contributed by atoms with Gasteiger partial charge in [0.1, 0.15) is 5.69 Å². The second-order valence-electron chi connectivity index (χ2n) is 8.25. The zero-order valence-electron chi connectivity index (χ0n) is 16.9. The molecule has 2 aliphatic carbocycles. The molecule has 1 atom stereocenters. The average molecular weight is 399 g/mol. The Hall–Kier alpha value is -3.21. The summed E-state index contributed by atoms with van der Waals surface area (Å²) in [6, 6.07) is 21.6. The summed E-state index contributed by atoms with van der Waals surface area (Å²) in [6.45, 7) is 0.358. The van der Waals surface area contributed by atoms with Crippen molar-refractivity contribution < 1.29 is 4.79 Å². The van der Waals surface area contributed by atoms with Crippen molar-refractivity contribution in [1.29, 1.82) is 0 Å². The first-order chi connectivity index (χ1) is 14.7. The van der Waals surface area contributed by atoms with E-state index in [0.717, 1.165) is 37.7 Å². The SMILES string of the molecule is O=C(c1ccc(=O)n(Cc2ccccc2)n1)N(C1CC1)C1CCCc2ccccc21. The van der Waals surface area contributed by atoms with Gasteiger partial charge in [-0.15, -0.1) is 0 Å². The Balaban J connectivity index is 1.47. The Morgan fingerprint density at radius 1 is 0.967 bits per heavy atom. The average Bonchev–Trinajstić information content (AvgIpc) is 3.61. The van der Waals surface area contributed by atoms with Crippen molar-refractivity contribution in [2.45, 2.75) is 50.7 Å². The maximum absolute atomic E-state index is 13.6. The fraction of sp³-hybridized carbons (Fsp3) is 0.320. The van der Waals surface area contributed by atoms with Crippen LogP contribution in [0.2, 0.25) is 0 Å². The molecule has 5 rings (SSSR count). The summed E-state index contributed by atoms with van der Waals surface area (Å²) < 4.78 is 1.39. The highest BCUT2D eigenvalue weighted by Crippen LogP contribution is 2.41. The fourth-order valence-electron chi connectivity index (χ4n) is 4.50. The van der Waals surface area contributed by atoms with Gasteiger partial charge in [0.15, 0.2) is 0 Å². The molecule has 0 bridgehead atoms. The molecule has 2 aromatic carbocycles. The van der Waals surface area contributed by atoms with E-state index < -0.39 is 0 Å². The molecular weight excluding hydrogens is 374 g/mol. The third-order valence-corrected chi connectivity index (χ3v) is 6.11. The first-order valence-corrected chi connectivity index (χ1v) is 10.7. The van der Waals surface area contributed by atoms with E-state index in [1.54, 1.807) is 6.07 Å². The minimum atomic E-state index is -0.198. The van der Waals surface area contributed by atoms with Gasteiger partial charge in [-0.3, -0.25) is 9.59 Å². The van der Waals surface area contributed by atoms with Gasteiger partial charge in [-0.25, -0.2) is 4.68 Å². The molecule has 1 fully saturated rings. The van der Waals surface area contributed by atoms with E-state index in [9.17, 15) is 9.59 Å². The van der Waals surface area contributed by atoms with E-state index in [0.29, 0.717) is 12.2 Å². The summed E-state index contributed by atoms with van der Waals surface area (Å²) in [5.41, 5.74) is 3.74. The molecule has 1 saturated carbocycles. The Labute approximate surface area is 176 Å². The zero-order valence-corrected chi connectivity index (χ0v) is 16.9. The third kappa shape index (κ3) is 3.67. The van der Waals surface area contributed by atoms with Crippen molar-refractivity contribution in [3.05, 3.63) is 99.5 Å².